The topological polar surface area (TPSA) is 64.4 Å². The maximum Gasteiger partial charge on any atom is 0.124 e. The Hall–Kier alpha value is -3.39. The van der Waals surface area contributed by atoms with Gasteiger partial charge in [-0.25, -0.2) is 8.79 Å². The minimum absolute atomic E-state index is 0.227. The Morgan fingerprint density at radius 2 is 2.06 bits per heavy atom. The molecule has 184 valence electrons. The fourth-order valence-corrected chi connectivity index (χ4v) is 3.94. The third-order valence-electron chi connectivity index (χ3n) is 5.45. The Morgan fingerprint density at radius 1 is 1.20 bits per heavy atom. The van der Waals surface area contributed by atoms with Gasteiger partial charge in [0.05, 0.1) is 6.34 Å². The smallest absolute Gasteiger partial charge is 0.124 e. The number of aliphatic imine (C=N–C) groups is 2. The number of benzene rings is 1. The van der Waals surface area contributed by atoms with E-state index in [0.29, 0.717) is 19.5 Å². The predicted octanol–water partition coefficient (Wildman–Crippen LogP) is 5.40. The Morgan fingerprint density at radius 3 is 2.86 bits per heavy atom. The zero-order valence-corrected chi connectivity index (χ0v) is 21.2. The predicted molar refractivity (Wildman–Crippen MR) is 151 cm³/mol. The first-order chi connectivity index (χ1) is 17.1. The molecule has 1 heterocycles. The standard InChI is InChI=1S/C27H33FN6S/c1-3-16-34(20-29-2)26-12-9-21(23(18-26)19-33-35)17-22-6-5-13-31-27(22)32-15-14-30-25-8-4-7-24(28)10-11-25/h3-4,7,9-12,16-20,30,35H,5-6,8,13-15H2,1-2H3,(H,31,32)/b16-3+,22-17+,29-20?,33-19-. The molecule has 0 fully saturated rings. The van der Waals surface area contributed by atoms with Gasteiger partial charge in [0.15, 0.2) is 0 Å². The highest BCUT2D eigenvalue weighted by Crippen LogP contribution is 2.23. The lowest BCUT2D eigenvalue weighted by atomic mass is 9.99. The quantitative estimate of drug-likeness (QED) is 0.187. The van der Waals surface area contributed by atoms with Crippen LogP contribution in [0.2, 0.25) is 0 Å². The van der Waals surface area contributed by atoms with E-state index in [1.54, 1.807) is 25.7 Å². The monoisotopic (exact) mass is 492 g/mol. The SMILES string of the molecule is C/C=C/N(C=NC)c1ccc(/C=C2\CCCN=C2NCCNC2=CC=C(F)C=CC2)c(/C=N\S)c1. The number of nitrogens with one attached hydrogen (secondary N) is 2. The van der Waals surface area contributed by atoms with Crippen LogP contribution in [-0.4, -0.2) is 45.1 Å². The van der Waals surface area contributed by atoms with Gasteiger partial charge >= 0.3 is 0 Å². The van der Waals surface area contributed by atoms with Crippen molar-refractivity contribution in [1.82, 2.24) is 10.6 Å². The molecule has 0 saturated heterocycles. The van der Waals surface area contributed by atoms with Crippen molar-refractivity contribution in [3.8, 4) is 0 Å². The molecule has 0 unspecified atom stereocenters. The van der Waals surface area contributed by atoms with Gasteiger partial charge in [-0.3, -0.25) is 9.98 Å². The average Bonchev–Trinajstić information content (AvgIpc) is 3.07. The molecule has 0 bridgehead atoms. The van der Waals surface area contributed by atoms with Crippen LogP contribution in [0.4, 0.5) is 10.1 Å². The Balaban J connectivity index is 1.72. The summed E-state index contributed by atoms with van der Waals surface area (Å²) in [5, 5.41) is 6.84. The van der Waals surface area contributed by atoms with Crippen LogP contribution in [-0.2, 0) is 0 Å². The first kappa shape index (κ1) is 26.2. The molecule has 0 atom stereocenters. The van der Waals surface area contributed by atoms with E-state index < -0.39 is 0 Å². The highest BCUT2D eigenvalue weighted by atomic mass is 32.1. The van der Waals surface area contributed by atoms with Gasteiger partial charge in [-0.2, -0.15) is 0 Å². The van der Waals surface area contributed by atoms with Crippen molar-refractivity contribution in [2.75, 3.05) is 31.6 Å². The van der Waals surface area contributed by atoms with E-state index in [1.165, 1.54) is 17.7 Å². The Labute approximate surface area is 213 Å². The molecule has 2 aliphatic rings. The number of hydrogen-bond acceptors (Lipinski definition) is 6. The first-order valence-electron chi connectivity index (χ1n) is 11.8. The second kappa shape index (κ2) is 14.1. The van der Waals surface area contributed by atoms with Crippen molar-refractivity contribution in [3.05, 3.63) is 83.0 Å². The van der Waals surface area contributed by atoms with Crippen LogP contribution < -0.4 is 15.5 Å². The molecule has 2 N–H and O–H groups in total. The molecule has 0 spiro atoms. The van der Waals surface area contributed by atoms with E-state index in [4.69, 9.17) is 4.99 Å². The van der Waals surface area contributed by atoms with Crippen molar-refractivity contribution in [2.24, 2.45) is 14.4 Å². The summed E-state index contributed by atoms with van der Waals surface area (Å²) in [5.74, 6) is 0.694. The van der Waals surface area contributed by atoms with E-state index in [-0.39, 0.29) is 5.83 Å². The lowest BCUT2D eigenvalue weighted by Gasteiger charge is -2.19. The number of allylic oxidation sites excluding steroid dienone is 6. The summed E-state index contributed by atoms with van der Waals surface area (Å²) in [7, 11) is 1.75. The minimum Gasteiger partial charge on any atom is -0.386 e. The Kier molecular flexibility index (Phi) is 10.6. The van der Waals surface area contributed by atoms with Gasteiger partial charge in [-0.15, -0.1) is 0 Å². The molecular formula is C27H33FN6S. The summed E-state index contributed by atoms with van der Waals surface area (Å²) < 4.78 is 17.3. The van der Waals surface area contributed by atoms with E-state index in [1.807, 2.05) is 30.2 Å². The van der Waals surface area contributed by atoms with Gasteiger partial charge in [0.1, 0.15) is 11.7 Å². The zero-order valence-electron chi connectivity index (χ0n) is 20.3. The molecule has 1 aromatic carbocycles. The summed E-state index contributed by atoms with van der Waals surface area (Å²) in [6.45, 7) is 4.21. The van der Waals surface area contributed by atoms with Crippen LogP contribution in [0, 0.1) is 0 Å². The summed E-state index contributed by atoms with van der Waals surface area (Å²) in [4.78, 5) is 10.8. The number of halogens is 1. The highest BCUT2D eigenvalue weighted by molar-refractivity contribution is 7.79. The summed E-state index contributed by atoms with van der Waals surface area (Å²) in [6, 6.07) is 6.21. The van der Waals surface area contributed by atoms with Crippen LogP contribution in [0.5, 0.6) is 0 Å². The molecule has 6 nitrogen and oxygen atoms in total. The molecule has 8 heteroatoms. The van der Waals surface area contributed by atoms with E-state index in [2.05, 4.69) is 57.1 Å². The van der Waals surface area contributed by atoms with Gasteiger partial charge in [-0.05, 0) is 80.2 Å². The van der Waals surface area contributed by atoms with Crippen LogP contribution in [0.3, 0.4) is 0 Å². The van der Waals surface area contributed by atoms with Crippen molar-refractivity contribution in [1.29, 1.82) is 0 Å². The third-order valence-corrected chi connectivity index (χ3v) is 5.57. The number of rotatable bonds is 9. The number of thiol groups is 1. The summed E-state index contributed by atoms with van der Waals surface area (Å²) >= 11 is 4.06. The fraction of sp³-hybridized carbons (Fsp3) is 0.296. The van der Waals surface area contributed by atoms with Gasteiger partial charge in [0.25, 0.3) is 0 Å². The van der Waals surface area contributed by atoms with E-state index in [9.17, 15) is 4.39 Å². The highest BCUT2D eigenvalue weighted by Gasteiger charge is 2.13. The van der Waals surface area contributed by atoms with Gasteiger partial charge in [0, 0.05) is 62.5 Å². The van der Waals surface area contributed by atoms with Crippen molar-refractivity contribution >= 4 is 43.0 Å². The molecule has 3 rings (SSSR count). The fourth-order valence-electron chi connectivity index (χ4n) is 3.82. The van der Waals surface area contributed by atoms with E-state index >= 15 is 0 Å². The van der Waals surface area contributed by atoms with Gasteiger partial charge in [0.2, 0.25) is 0 Å². The molecule has 1 aromatic rings. The van der Waals surface area contributed by atoms with Crippen LogP contribution in [0.1, 0.15) is 37.3 Å². The molecule has 1 aliphatic heterocycles. The number of hydrogen-bond donors (Lipinski definition) is 3. The zero-order chi connectivity index (χ0) is 24.9. The van der Waals surface area contributed by atoms with Crippen molar-refractivity contribution < 1.29 is 4.39 Å². The molecule has 1 aliphatic carbocycles. The second-order valence-electron chi connectivity index (χ2n) is 8.03. The largest absolute Gasteiger partial charge is 0.386 e. The maximum absolute atomic E-state index is 13.3. The molecule has 35 heavy (non-hydrogen) atoms. The molecule has 0 aromatic heterocycles. The number of amidine groups is 1. The average molecular weight is 493 g/mol. The molecule has 0 radical (unpaired) electrons. The van der Waals surface area contributed by atoms with Crippen molar-refractivity contribution in [2.45, 2.75) is 26.2 Å². The van der Waals surface area contributed by atoms with Crippen molar-refractivity contribution in [3.63, 3.8) is 0 Å². The third kappa shape index (κ3) is 8.10. The minimum atomic E-state index is -0.227. The number of nitrogens with zero attached hydrogens (tertiary/aromatic N) is 4. The van der Waals surface area contributed by atoms with Gasteiger partial charge in [-0.1, -0.05) is 18.2 Å². The van der Waals surface area contributed by atoms with Crippen LogP contribution in [0.25, 0.3) is 6.08 Å². The Bertz CT molecular complexity index is 1100. The lowest BCUT2D eigenvalue weighted by molar-refractivity contribution is 0.667. The summed E-state index contributed by atoms with van der Waals surface area (Å²) in [5.41, 5.74) is 5.16. The summed E-state index contributed by atoms with van der Waals surface area (Å²) in [6.07, 6.45) is 18.9. The van der Waals surface area contributed by atoms with Crippen LogP contribution in [0.15, 0.2) is 86.3 Å². The lowest BCUT2D eigenvalue weighted by Crippen LogP contribution is -2.34. The normalized spacial score (nSPS) is 17.6. The number of anilines is 1. The maximum atomic E-state index is 13.3. The van der Waals surface area contributed by atoms with E-state index in [0.717, 1.165) is 47.7 Å². The van der Waals surface area contributed by atoms with Crippen LogP contribution >= 0.6 is 12.8 Å². The molecular weight excluding hydrogens is 459 g/mol. The molecule has 0 saturated carbocycles. The van der Waals surface area contributed by atoms with Gasteiger partial charge < -0.3 is 15.5 Å². The second-order valence-corrected chi connectivity index (χ2v) is 8.26. The molecule has 0 amide bonds. The first-order valence-corrected chi connectivity index (χ1v) is 12.2.